The van der Waals surface area contributed by atoms with Crippen LogP contribution in [0.2, 0.25) is 0 Å². The molecule has 0 amide bonds. The zero-order chi connectivity index (χ0) is 25.9. The van der Waals surface area contributed by atoms with E-state index < -0.39 is 18.1 Å². The normalized spacial score (nSPS) is 16.4. The molecule has 1 aromatic carbocycles. The first-order valence-electron chi connectivity index (χ1n) is 11.8. The summed E-state index contributed by atoms with van der Waals surface area (Å²) in [5.74, 6) is 5.85. The summed E-state index contributed by atoms with van der Waals surface area (Å²) in [6.07, 6.45) is -1.77. The Hall–Kier alpha value is -3.69. The predicted molar refractivity (Wildman–Crippen MR) is 136 cm³/mol. The summed E-state index contributed by atoms with van der Waals surface area (Å²) in [5, 5.41) is 16.6. The molecule has 1 fully saturated rings. The molecule has 1 aliphatic heterocycles. The monoisotopic (exact) mass is 494 g/mol. The molecular formula is C27H29F3N6. The average Bonchev–Trinajstić information content (AvgIpc) is 3.39. The Labute approximate surface area is 209 Å². The van der Waals surface area contributed by atoms with E-state index >= 15 is 0 Å². The number of nitriles is 1. The third kappa shape index (κ3) is 5.92. The third-order valence-corrected chi connectivity index (χ3v) is 6.31. The van der Waals surface area contributed by atoms with E-state index in [4.69, 9.17) is 0 Å². The highest BCUT2D eigenvalue weighted by molar-refractivity contribution is 5.94. The number of likely N-dealkylation sites (tertiary alicyclic amines) is 1. The molecule has 0 spiro atoms. The standard InChI is InChI=1S/C27H29F3N6/c1-26(2,17-31)25-10-9-19(15-33-25)32-12-5-6-21-14-22-23(34-20-11-13-35(3)16-20)7-4-8-24(22)36(21)18-27(28,29)30/h4,7-10,14-15,20,32,34H,11-13,16,18H2,1-3H3. The second-order valence-corrected chi connectivity index (χ2v) is 9.69. The van der Waals surface area contributed by atoms with Crippen molar-refractivity contribution in [3.63, 3.8) is 0 Å². The topological polar surface area (TPSA) is 68.9 Å². The number of halogens is 3. The van der Waals surface area contributed by atoms with Crippen LogP contribution in [0.15, 0.2) is 42.6 Å². The van der Waals surface area contributed by atoms with Gasteiger partial charge in [0.05, 0.1) is 46.8 Å². The number of alkyl halides is 3. The van der Waals surface area contributed by atoms with Crippen LogP contribution in [0.25, 0.3) is 10.9 Å². The van der Waals surface area contributed by atoms with E-state index in [0.29, 0.717) is 22.6 Å². The number of rotatable bonds is 6. The van der Waals surface area contributed by atoms with Gasteiger partial charge in [0.1, 0.15) is 6.54 Å². The summed E-state index contributed by atoms with van der Waals surface area (Å²) in [6, 6.07) is 13.2. The maximum absolute atomic E-state index is 13.4. The lowest BCUT2D eigenvalue weighted by atomic mass is 9.91. The zero-order valence-electron chi connectivity index (χ0n) is 20.6. The summed E-state index contributed by atoms with van der Waals surface area (Å²) < 4.78 is 41.5. The number of benzene rings is 1. The van der Waals surface area contributed by atoms with Crippen LogP contribution in [0.5, 0.6) is 0 Å². The molecule has 1 atom stereocenters. The van der Waals surface area contributed by atoms with Crippen molar-refractivity contribution in [2.24, 2.45) is 0 Å². The van der Waals surface area contributed by atoms with Gasteiger partial charge in [-0.3, -0.25) is 4.98 Å². The Morgan fingerprint density at radius 3 is 2.64 bits per heavy atom. The number of pyridine rings is 1. The quantitative estimate of drug-likeness (QED) is 0.473. The van der Waals surface area contributed by atoms with Crippen LogP contribution in [0.3, 0.4) is 0 Å². The number of aromatic nitrogens is 2. The van der Waals surface area contributed by atoms with E-state index in [1.54, 1.807) is 44.3 Å². The van der Waals surface area contributed by atoms with Crippen LogP contribution in [-0.4, -0.2) is 53.4 Å². The van der Waals surface area contributed by atoms with Gasteiger partial charge in [-0.15, -0.1) is 0 Å². The molecule has 36 heavy (non-hydrogen) atoms. The SMILES string of the molecule is CN1CCC(Nc2cccc3c2cc(C#CCNc2ccc(C(C)(C)C#N)nc2)n3CC(F)(F)F)C1. The Bertz CT molecular complexity index is 1320. The molecule has 2 N–H and O–H groups in total. The molecule has 3 aromatic rings. The van der Waals surface area contributed by atoms with Gasteiger partial charge in [-0.2, -0.15) is 18.4 Å². The second kappa shape index (κ2) is 10.1. The fraction of sp³-hybridized carbons (Fsp3) is 0.407. The Morgan fingerprint density at radius 1 is 1.19 bits per heavy atom. The van der Waals surface area contributed by atoms with Crippen LogP contribution in [0.1, 0.15) is 31.7 Å². The molecular weight excluding hydrogens is 465 g/mol. The number of nitrogens with one attached hydrogen (secondary N) is 2. The molecule has 9 heteroatoms. The van der Waals surface area contributed by atoms with E-state index in [0.717, 1.165) is 30.6 Å². The number of anilines is 2. The third-order valence-electron chi connectivity index (χ3n) is 6.31. The Morgan fingerprint density at radius 2 is 2.00 bits per heavy atom. The van der Waals surface area contributed by atoms with Gasteiger partial charge in [-0.25, -0.2) is 0 Å². The molecule has 3 heterocycles. The molecule has 188 valence electrons. The maximum Gasteiger partial charge on any atom is 0.406 e. The van der Waals surface area contributed by atoms with Crippen molar-refractivity contribution in [3.05, 3.63) is 54.0 Å². The zero-order valence-corrected chi connectivity index (χ0v) is 20.6. The van der Waals surface area contributed by atoms with Crippen molar-refractivity contribution in [1.82, 2.24) is 14.5 Å². The van der Waals surface area contributed by atoms with Gasteiger partial charge in [-0.1, -0.05) is 12.0 Å². The van der Waals surface area contributed by atoms with Crippen LogP contribution in [-0.2, 0) is 12.0 Å². The second-order valence-electron chi connectivity index (χ2n) is 9.69. The Balaban J connectivity index is 1.55. The van der Waals surface area contributed by atoms with Gasteiger partial charge in [0.15, 0.2) is 0 Å². The number of fused-ring (bicyclic) bond motifs is 1. The van der Waals surface area contributed by atoms with Crippen molar-refractivity contribution in [2.45, 2.75) is 44.4 Å². The maximum atomic E-state index is 13.4. The van der Waals surface area contributed by atoms with Crippen molar-refractivity contribution < 1.29 is 13.2 Å². The number of nitrogens with zero attached hydrogens (tertiary/aromatic N) is 4. The van der Waals surface area contributed by atoms with E-state index in [9.17, 15) is 18.4 Å². The average molecular weight is 495 g/mol. The van der Waals surface area contributed by atoms with Gasteiger partial charge in [0, 0.05) is 23.7 Å². The van der Waals surface area contributed by atoms with Gasteiger partial charge in [0.2, 0.25) is 0 Å². The largest absolute Gasteiger partial charge is 0.406 e. The van der Waals surface area contributed by atoms with E-state index in [1.807, 2.05) is 12.1 Å². The van der Waals surface area contributed by atoms with Crippen LogP contribution in [0, 0.1) is 23.2 Å². The molecule has 4 rings (SSSR count). The van der Waals surface area contributed by atoms with Gasteiger partial charge >= 0.3 is 6.18 Å². The molecule has 1 aliphatic rings. The molecule has 0 bridgehead atoms. The molecule has 2 aromatic heterocycles. The summed E-state index contributed by atoms with van der Waals surface area (Å²) in [6.45, 7) is 4.59. The number of hydrogen-bond acceptors (Lipinski definition) is 5. The van der Waals surface area contributed by atoms with E-state index in [2.05, 4.69) is 45.5 Å². The fourth-order valence-electron chi connectivity index (χ4n) is 4.34. The predicted octanol–water partition coefficient (Wildman–Crippen LogP) is 4.98. The highest BCUT2D eigenvalue weighted by Crippen LogP contribution is 2.31. The lowest BCUT2D eigenvalue weighted by Gasteiger charge is -2.16. The number of likely N-dealkylation sites (N-methyl/N-ethyl adjacent to an activating group) is 1. The van der Waals surface area contributed by atoms with Crippen molar-refractivity contribution >= 4 is 22.3 Å². The molecule has 6 nitrogen and oxygen atoms in total. The van der Waals surface area contributed by atoms with E-state index in [1.165, 1.54) is 4.57 Å². The minimum atomic E-state index is -4.37. The van der Waals surface area contributed by atoms with Crippen molar-refractivity contribution in [1.29, 1.82) is 5.26 Å². The first-order chi connectivity index (χ1) is 17.1. The van der Waals surface area contributed by atoms with Crippen LogP contribution < -0.4 is 10.6 Å². The minimum absolute atomic E-state index is 0.232. The van der Waals surface area contributed by atoms with Gasteiger partial charge < -0.3 is 20.1 Å². The number of hydrogen-bond donors (Lipinski definition) is 2. The summed E-state index contributed by atoms with van der Waals surface area (Å²) >= 11 is 0. The van der Waals surface area contributed by atoms with Crippen molar-refractivity contribution in [3.8, 4) is 17.9 Å². The summed E-state index contributed by atoms with van der Waals surface area (Å²) in [7, 11) is 2.06. The minimum Gasteiger partial charge on any atom is -0.380 e. The molecule has 1 unspecified atom stereocenters. The molecule has 0 saturated carbocycles. The summed E-state index contributed by atoms with van der Waals surface area (Å²) in [4.78, 5) is 6.55. The van der Waals surface area contributed by atoms with Gasteiger partial charge in [-0.05, 0) is 70.1 Å². The smallest absolute Gasteiger partial charge is 0.380 e. The highest BCUT2D eigenvalue weighted by Gasteiger charge is 2.30. The fourth-order valence-corrected chi connectivity index (χ4v) is 4.34. The lowest BCUT2D eigenvalue weighted by Crippen LogP contribution is -2.23. The first-order valence-corrected chi connectivity index (χ1v) is 11.8. The lowest BCUT2D eigenvalue weighted by molar-refractivity contribution is -0.140. The van der Waals surface area contributed by atoms with Crippen molar-refractivity contribution in [2.75, 3.05) is 37.3 Å². The first kappa shape index (κ1) is 25.4. The molecule has 0 radical (unpaired) electrons. The van der Waals surface area contributed by atoms with Crippen LogP contribution in [0.4, 0.5) is 24.5 Å². The van der Waals surface area contributed by atoms with Gasteiger partial charge in [0.25, 0.3) is 0 Å². The summed E-state index contributed by atoms with van der Waals surface area (Å²) in [5.41, 5.74) is 2.32. The van der Waals surface area contributed by atoms with Crippen LogP contribution >= 0.6 is 0 Å². The highest BCUT2D eigenvalue weighted by atomic mass is 19.4. The molecule has 0 aliphatic carbocycles. The molecule has 1 saturated heterocycles. The Kier molecular flexibility index (Phi) is 7.14. The van der Waals surface area contributed by atoms with E-state index in [-0.39, 0.29) is 12.6 Å².